The summed E-state index contributed by atoms with van der Waals surface area (Å²) in [5, 5.41) is 9.81. The van der Waals surface area contributed by atoms with Gasteiger partial charge >= 0.3 is 0 Å². The van der Waals surface area contributed by atoms with Crippen LogP contribution in [0.4, 0.5) is 11.8 Å². The maximum absolute atomic E-state index is 12.2. The van der Waals surface area contributed by atoms with E-state index in [1.807, 2.05) is 0 Å². The van der Waals surface area contributed by atoms with Crippen LogP contribution in [-0.4, -0.2) is 35.6 Å². The van der Waals surface area contributed by atoms with Crippen molar-refractivity contribution in [1.82, 2.24) is 20.2 Å². The molecule has 2 aromatic rings. The molecule has 0 aliphatic heterocycles. The molecule has 0 fully saturated rings. The first-order valence-electron chi connectivity index (χ1n) is 5.03. The Hall–Kier alpha value is -1.81. The van der Waals surface area contributed by atoms with E-state index in [4.69, 9.17) is 0 Å². The Balaban J connectivity index is 2.42. The van der Waals surface area contributed by atoms with Crippen LogP contribution in [0.2, 0.25) is 0 Å². The number of anilines is 2. The molecule has 0 aliphatic carbocycles. The Morgan fingerprint density at radius 3 is 2.68 bits per heavy atom. The average molecular weight is 345 g/mol. The average Bonchev–Trinajstić information content (AvgIpc) is 2.39. The van der Waals surface area contributed by atoms with Gasteiger partial charge in [0.05, 0.1) is 12.4 Å². The van der Waals surface area contributed by atoms with E-state index in [9.17, 15) is 8.42 Å². The molecule has 10 heteroatoms. The molecule has 0 saturated heterocycles. The van der Waals surface area contributed by atoms with Crippen molar-refractivity contribution >= 4 is 37.7 Å². The van der Waals surface area contributed by atoms with Crippen molar-refractivity contribution in [3.63, 3.8) is 0 Å². The monoisotopic (exact) mass is 344 g/mol. The van der Waals surface area contributed by atoms with Crippen LogP contribution < -0.4 is 10.0 Å². The smallest absolute Gasteiger partial charge is 0.267 e. The topological polar surface area (TPSA) is 110 Å². The lowest BCUT2D eigenvalue weighted by Gasteiger charge is -2.10. The van der Waals surface area contributed by atoms with Crippen LogP contribution in [0.5, 0.6) is 0 Å². The van der Waals surface area contributed by atoms with E-state index in [0.29, 0.717) is 4.47 Å². The maximum atomic E-state index is 12.2. The predicted octanol–water partition coefficient (Wildman–Crippen LogP) is 0.872. The molecule has 0 atom stereocenters. The van der Waals surface area contributed by atoms with Crippen molar-refractivity contribution in [2.75, 3.05) is 17.1 Å². The molecule has 19 heavy (non-hydrogen) atoms. The van der Waals surface area contributed by atoms with Gasteiger partial charge in [-0.25, -0.2) is 23.1 Å². The zero-order chi connectivity index (χ0) is 13.9. The highest BCUT2D eigenvalue weighted by Gasteiger charge is 2.21. The minimum Gasteiger partial charge on any atom is -0.372 e. The number of pyridine rings is 1. The Bertz CT molecular complexity index is 678. The summed E-state index contributed by atoms with van der Waals surface area (Å²) in [6, 6.07) is 1.43. The lowest BCUT2D eigenvalue weighted by atomic mass is 10.4. The van der Waals surface area contributed by atoms with Crippen LogP contribution in [0.1, 0.15) is 0 Å². The largest absolute Gasteiger partial charge is 0.372 e. The molecular formula is C9H9BrN6O2S. The van der Waals surface area contributed by atoms with E-state index < -0.39 is 10.0 Å². The van der Waals surface area contributed by atoms with Crippen molar-refractivity contribution in [1.29, 1.82) is 0 Å². The number of aromatic nitrogens is 4. The van der Waals surface area contributed by atoms with E-state index in [0.717, 1.165) is 0 Å². The maximum Gasteiger partial charge on any atom is 0.267 e. The van der Waals surface area contributed by atoms with Gasteiger partial charge in [-0.05, 0) is 22.0 Å². The van der Waals surface area contributed by atoms with Crippen LogP contribution in [0.25, 0.3) is 0 Å². The third-order valence-electron chi connectivity index (χ3n) is 2.05. The molecule has 0 saturated carbocycles. The van der Waals surface area contributed by atoms with Crippen molar-refractivity contribution in [2.24, 2.45) is 0 Å². The summed E-state index contributed by atoms with van der Waals surface area (Å²) >= 11 is 3.18. The minimum absolute atomic E-state index is 0.0168. The highest BCUT2D eigenvalue weighted by atomic mass is 79.9. The molecular weight excluding hydrogens is 336 g/mol. The first-order chi connectivity index (χ1) is 9.03. The van der Waals surface area contributed by atoms with E-state index in [1.54, 1.807) is 7.05 Å². The van der Waals surface area contributed by atoms with Gasteiger partial charge in [0.1, 0.15) is 10.7 Å². The molecule has 2 N–H and O–H groups in total. The lowest BCUT2D eigenvalue weighted by molar-refractivity contribution is 0.600. The number of sulfonamides is 1. The van der Waals surface area contributed by atoms with Gasteiger partial charge < -0.3 is 5.32 Å². The van der Waals surface area contributed by atoms with Crippen molar-refractivity contribution < 1.29 is 8.42 Å². The van der Waals surface area contributed by atoms with Gasteiger partial charge in [-0.1, -0.05) is 0 Å². The number of rotatable bonds is 4. The SMILES string of the molecule is CNc1ncc(Br)cc1S(=O)(=O)Nc1nccnn1. The van der Waals surface area contributed by atoms with Gasteiger partial charge in [0.25, 0.3) is 16.0 Å². The molecule has 2 rings (SSSR count). The quantitative estimate of drug-likeness (QED) is 0.846. The van der Waals surface area contributed by atoms with Crippen LogP contribution in [0.15, 0.2) is 34.0 Å². The lowest BCUT2D eigenvalue weighted by Crippen LogP contribution is -2.17. The first-order valence-corrected chi connectivity index (χ1v) is 7.30. The fourth-order valence-corrected chi connectivity index (χ4v) is 2.90. The van der Waals surface area contributed by atoms with Gasteiger partial charge in [-0.15, -0.1) is 5.10 Å². The fourth-order valence-electron chi connectivity index (χ4n) is 1.28. The summed E-state index contributed by atoms with van der Waals surface area (Å²) < 4.78 is 27.2. The fraction of sp³-hybridized carbons (Fsp3) is 0.111. The van der Waals surface area contributed by atoms with Gasteiger partial charge in [0, 0.05) is 17.7 Å². The molecule has 0 amide bonds. The third-order valence-corrected chi connectivity index (χ3v) is 3.83. The summed E-state index contributed by atoms with van der Waals surface area (Å²) in [6.07, 6.45) is 4.17. The number of halogens is 1. The molecule has 0 unspecified atom stereocenters. The van der Waals surface area contributed by atoms with E-state index in [2.05, 4.69) is 46.1 Å². The van der Waals surface area contributed by atoms with Crippen LogP contribution in [-0.2, 0) is 10.0 Å². The number of nitrogens with zero attached hydrogens (tertiary/aromatic N) is 4. The van der Waals surface area contributed by atoms with Crippen molar-refractivity contribution in [2.45, 2.75) is 4.90 Å². The van der Waals surface area contributed by atoms with E-state index in [-0.39, 0.29) is 16.7 Å². The summed E-state index contributed by atoms with van der Waals surface area (Å²) in [7, 11) is -2.27. The normalized spacial score (nSPS) is 11.1. The molecule has 2 heterocycles. The molecule has 0 radical (unpaired) electrons. The van der Waals surface area contributed by atoms with Crippen LogP contribution in [0.3, 0.4) is 0 Å². The molecule has 0 spiro atoms. The molecule has 8 nitrogen and oxygen atoms in total. The third kappa shape index (κ3) is 3.15. The zero-order valence-electron chi connectivity index (χ0n) is 9.70. The van der Waals surface area contributed by atoms with Crippen LogP contribution in [0, 0.1) is 0 Å². The predicted molar refractivity (Wildman–Crippen MR) is 72.1 cm³/mol. The number of nitrogens with one attached hydrogen (secondary N) is 2. The van der Waals surface area contributed by atoms with Crippen molar-refractivity contribution in [3.8, 4) is 0 Å². The minimum atomic E-state index is -3.85. The second-order valence-electron chi connectivity index (χ2n) is 3.32. The summed E-state index contributed by atoms with van der Waals surface area (Å²) in [6.45, 7) is 0. The Morgan fingerprint density at radius 1 is 1.26 bits per heavy atom. The van der Waals surface area contributed by atoms with Gasteiger partial charge in [-0.3, -0.25) is 0 Å². The summed E-state index contributed by atoms with van der Waals surface area (Å²) in [4.78, 5) is 7.71. The second kappa shape index (κ2) is 5.45. The first kappa shape index (κ1) is 13.6. The number of hydrogen-bond donors (Lipinski definition) is 2. The molecule has 0 aliphatic rings. The number of hydrogen-bond acceptors (Lipinski definition) is 7. The second-order valence-corrected chi connectivity index (χ2v) is 5.89. The molecule has 100 valence electrons. The van der Waals surface area contributed by atoms with E-state index >= 15 is 0 Å². The molecule has 0 aromatic carbocycles. The van der Waals surface area contributed by atoms with Gasteiger partial charge in [0.2, 0.25) is 0 Å². The Kier molecular flexibility index (Phi) is 3.90. The summed E-state index contributed by atoms with van der Waals surface area (Å²) in [5.74, 6) is 0.115. The highest BCUT2D eigenvalue weighted by Crippen LogP contribution is 2.23. The van der Waals surface area contributed by atoms with Gasteiger partial charge in [-0.2, -0.15) is 5.10 Å². The Morgan fingerprint density at radius 2 is 2.05 bits per heavy atom. The van der Waals surface area contributed by atoms with Gasteiger partial charge in [0.15, 0.2) is 0 Å². The Labute approximate surface area is 117 Å². The molecule has 0 bridgehead atoms. The van der Waals surface area contributed by atoms with Crippen LogP contribution >= 0.6 is 15.9 Å². The standard InChI is InChI=1S/C9H9BrN6O2S/c1-11-8-7(4-6(10)5-13-8)19(17,18)16-9-12-2-3-14-15-9/h2-5H,1H3,(H,11,13)(H,12,15,16). The van der Waals surface area contributed by atoms with E-state index in [1.165, 1.54) is 24.7 Å². The highest BCUT2D eigenvalue weighted by molar-refractivity contribution is 9.10. The summed E-state index contributed by atoms with van der Waals surface area (Å²) in [5.41, 5.74) is 0. The zero-order valence-corrected chi connectivity index (χ0v) is 12.1. The van der Waals surface area contributed by atoms with Crippen molar-refractivity contribution in [3.05, 3.63) is 29.1 Å². The molecule has 2 aromatic heterocycles.